The van der Waals surface area contributed by atoms with Crippen LogP contribution in [0.15, 0.2) is 33.9 Å². The van der Waals surface area contributed by atoms with E-state index in [1.54, 1.807) is 30.3 Å². The Labute approximate surface area is 167 Å². The first kappa shape index (κ1) is 20.0. The van der Waals surface area contributed by atoms with Gasteiger partial charge in [0.2, 0.25) is 5.69 Å². The van der Waals surface area contributed by atoms with E-state index in [1.807, 2.05) is 27.7 Å². The quantitative estimate of drug-likeness (QED) is 0.703. The molecular formula is C21H21N5O3. The monoisotopic (exact) mass is 391 g/mol. The molecule has 0 spiro atoms. The summed E-state index contributed by atoms with van der Waals surface area (Å²) in [5.74, 6) is 0.288. The highest BCUT2D eigenvalue weighted by atomic mass is 16.3. The van der Waals surface area contributed by atoms with Crippen LogP contribution in [0.5, 0.6) is 5.75 Å². The van der Waals surface area contributed by atoms with Gasteiger partial charge in [-0.25, -0.2) is 4.79 Å². The van der Waals surface area contributed by atoms with Crippen LogP contribution in [0.4, 0.5) is 0 Å². The van der Waals surface area contributed by atoms with E-state index < -0.39 is 11.2 Å². The van der Waals surface area contributed by atoms with E-state index in [2.05, 4.69) is 15.1 Å². The second-order valence-electron chi connectivity index (χ2n) is 7.23. The summed E-state index contributed by atoms with van der Waals surface area (Å²) in [6, 6.07) is 8.69. The first-order valence-corrected chi connectivity index (χ1v) is 9.14. The molecule has 3 rings (SSSR count). The van der Waals surface area contributed by atoms with Crippen LogP contribution in [0, 0.1) is 25.2 Å². The molecule has 0 amide bonds. The fraction of sp³-hybridized carbons (Fsp3) is 0.286. The van der Waals surface area contributed by atoms with Crippen LogP contribution in [-0.4, -0.2) is 24.9 Å². The number of rotatable bonds is 4. The van der Waals surface area contributed by atoms with Gasteiger partial charge in [-0.1, -0.05) is 13.8 Å². The highest BCUT2D eigenvalue weighted by Gasteiger charge is 2.14. The smallest absolute Gasteiger partial charge is 0.349 e. The van der Waals surface area contributed by atoms with E-state index in [0.717, 1.165) is 27.1 Å². The Hall–Kier alpha value is -3.73. The van der Waals surface area contributed by atoms with Gasteiger partial charge in [0.15, 0.2) is 0 Å². The van der Waals surface area contributed by atoms with Gasteiger partial charge >= 0.3 is 5.69 Å². The summed E-state index contributed by atoms with van der Waals surface area (Å²) in [6.45, 7) is 7.78. The summed E-state index contributed by atoms with van der Waals surface area (Å²) in [5, 5.41) is 22.8. The Balaban J connectivity index is 2.04. The van der Waals surface area contributed by atoms with Crippen LogP contribution in [0.2, 0.25) is 0 Å². The van der Waals surface area contributed by atoms with E-state index in [-0.39, 0.29) is 17.4 Å². The highest BCUT2D eigenvalue weighted by Crippen LogP contribution is 2.26. The van der Waals surface area contributed by atoms with Crippen molar-refractivity contribution in [1.29, 1.82) is 5.26 Å². The third-order valence-electron chi connectivity index (χ3n) is 4.72. The number of benzene rings is 1. The highest BCUT2D eigenvalue weighted by molar-refractivity contribution is 5.46. The second-order valence-corrected chi connectivity index (χ2v) is 7.23. The number of H-pyrrole nitrogens is 1. The largest absolute Gasteiger partial charge is 0.506 e. The van der Waals surface area contributed by atoms with Crippen LogP contribution in [0.1, 0.15) is 53.5 Å². The fourth-order valence-corrected chi connectivity index (χ4v) is 3.23. The van der Waals surface area contributed by atoms with Gasteiger partial charge in [-0.2, -0.15) is 9.94 Å². The third-order valence-corrected chi connectivity index (χ3v) is 4.72. The summed E-state index contributed by atoms with van der Waals surface area (Å²) >= 11 is 0. The maximum atomic E-state index is 12.1. The molecule has 0 saturated heterocycles. The van der Waals surface area contributed by atoms with Crippen molar-refractivity contribution in [2.75, 3.05) is 0 Å². The van der Waals surface area contributed by atoms with Gasteiger partial charge < -0.3 is 5.11 Å². The number of aryl methyl sites for hydroxylation is 2. The molecule has 0 atom stereocenters. The predicted molar refractivity (Wildman–Crippen MR) is 107 cm³/mol. The summed E-state index contributed by atoms with van der Waals surface area (Å²) in [6.07, 6.45) is 0.565. The van der Waals surface area contributed by atoms with Gasteiger partial charge in [0, 0.05) is 12.1 Å². The van der Waals surface area contributed by atoms with Crippen molar-refractivity contribution >= 4 is 0 Å². The molecule has 0 fully saturated rings. The Morgan fingerprint density at radius 2 is 1.86 bits per heavy atom. The van der Waals surface area contributed by atoms with Crippen LogP contribution >= 0.6 is 0 Å². The number of pyridine rings is 1. The molecule has 3 aromatic rings. The van der Waals surface area contributed by atoms with Gasteiger partial charge in [-0.15, -0.1) is 5.10 Å². The first-order valence-electron chi connectivity index (χ1n) is 9.14. The van der Waals surface area contributed by atoms with Crippen molar-refractivity contribution < 1.29 is 5.11 Å². The zero-order valence-corrected chi connectivity index (χ0v) is 16.6. The lowest BCUT2D eigenvalue weighted by atomic mass is 9.97. The number of aromatic hydroxyl groups is 1. The molecule has 0 unspecified atom stereocenters. The average Bonchev–Trinajstić information content (AvgIpc) is 2.65. The summed E-state index contributed by atoms with van der Waals surface area (Å²) in [7, 11) is 0. The molecule has 0 aliphatic rings. The fourth-order valence-electron chi connectivity index (χ4n) is 3.23. The van der Waals surface area contributed by atoms with Gasteiger partial charge in [0.25, 0.3) is 5.56 Å². The first-order chi connectivity index (χ1) is 13.7. The number of hydrogen-bond acceptors (Lipinski definition) is 6. The molecule has 8 heteroatoms. The molecule has 2 N–H and O–H groups in total. The standard InChI is InChI=1S/C21H21N5O3/c1-11(2)19-18(27)6-5-14(23-19)9-16-12(3)7-15(8-13(16)4)26-21(29)24-20(28)17(10-22)25-26/h5-8,11,27H,9H2,1-4H3,(H,24,28,29). The maximum Gasteiger partial charge on any atom is 0.349 e. The normalized spacial score (nSPS) is 10.9. The SMILES string of the molecule is Cc1cc(-n2nc(C#N)c(=O)[nH]c2=O)cc(C)c1Cc1ccc(O)c(C(C)C)n1. The molecule has 148 valence electrons. The van der Waals surface area contributed by atoms with Crippen LogP contribution in [-0.2, 0) is 6.42 Å². The Morgan fingerprint density at radius 1 is 1.21 bits per heavy atom. The van der Waals surface area contributed by atoms with E-state index >= 15 is 0 Å². The van der Waals surface area contributed by atoms with E-state index in [0.29, 0.717) is 17.8 Å². The molecule has 29 heavy (non-hydrogen) atoms. The summed E-state index contributed by atoms with van der Waals surface area (Å²) < 4.78 is 1.01. The van der Waals surface area contributed by atoms with Crippen LogP contribution < -0.4 is 11.2 Å². The van der Waals surface area contributed by atoms with Crippen LogP contribution in [0.25, 0.3) is 5.69 Å². The molecule has 2 aromatic heterocycles. The van der Waals surface area contributed by atoms with Gasteiger partial charge in [-0.3, -0.25) is 14.8 Å². The molecule has 8 nitrogen and oxygen atoms in total. The summed E-state index contributed by atoms with van der Waals surface area (Å²) in [5.41, 5.74) is 2.93. The molecular weight excluding hydrogens is 370 g/mol. The van der Waals surface area contributed by atoms with Crippen molar-refractivity contribution in [2.45, 2.75) is 40.0 Å². The van der Waals surface area contributed by atoms with Gasteiger partial charge in [-0.05, 0) is 60.7 Å². The Bertz CT molecular complexity index is 1230. The zero-order valence-electron chi connectivity index (χ0n) is 16.6. The Morgan fingerprint density at radius 3 is 2.45 bits per heavy atom. The molecule has 1 aromatic carbocycles. The van der Waals surface area contributed by atoms with Crippen molar-refractivity contribution in [2.24, 2.45) is 0 Å². The van der Waals surface area contributed by atoms with Crippen LogP contribution in [0.3, 0.4) is 0 Å². The number of nitrogens with zero attached hydrogens (tertiary/aromatic N) is 4. The number of nitrogens with one attached hydrogen (secondary N) is 1. The molecule has 0 aliphatic carbocycles. The van der Waals surface area contributed by atoms with Gasteiger partial charge in [0.05, 0.1) is 11.4 Å². The van der Waals surface area contributed by atoms with Gasteiger partial charge in [0.1, 0.15) is 11.8 Å². The molecule has 0 aliphatic heterocycles. The summed E-state index contributed by atoms with van der Waals surface area (Å²) in [4.78, 5) is 30.4. The predicted octanol–water partition coefficient (Wildman–Crippen LogP) is 2.22. The molecule has 2 heterocycles. The van der Waals surface area contributed by atoms with E-state index in [1.165, 1.54) is 0 Å². The Kier molecular flexibility index (Phi) is 5.33. The molecule has 0 bridgehead atoms. The lowest BCUT2D eigenvalue weighted by Gasteiger charge is -2.14. The van der Waals surface area contributed by atoms with E-state index in [4.69, 9.17) is 5.26 Å². The molecule has 0 saturated carbocycles. The average molecular weight is 391 g/mol. The zero-order chi connectivity index (χ0) is 21.3. The lowest BCUT2D eigenvalue weighted by Crippen LogP contribution is -2.33. The topological polar surface area (TPSA) is 125 Å². The van der Waals surface area contributed by atoms with Crippen molar-refractivity contribution in [3.63, 3.8) is 0 Å². The van der Waals surface area contributed by atoms with Crippen molar-refractivity contribution in [3.8, 4) is 17.5 Å². The minimum Gasteiger partial charge on any atom is -0.506 e. The number of nitriles is 1. The third kappa shape index (κ3) is 3.94. The number of aromatic amines is 1. The van der Waals surface area contributed by atoms with Crippen molar-refractivity contribution in [3.05, 3.63) is 78.9 Å². The maximum absolute atomic E-state index is 12.1. The minimum atomic E-state index is -0.807. The second kappa shape index (κ2) is 7.72. The number of aromatic nitrogens is 4. The van der Waals surface area contributed by atoms with Crippen molar-refractivity contribution in [1.82, 2.24) is 19.7 Å². The van der Waals surface area contributed by atoms with E-state index in [9.17, 15) is 14.7 Å². The minimum absolute atomic E-state index is 0.104. The lowest BCUT2D eigenvalue weighted by molar-refractivity contribution is 0.459. The molecule has 0 radical (unpaired) electrons. The number of hydrogen-bond donors (Lipinski definition) is 2.